The minimum Gasteiger partial charge on any atom is -0.309 e. The number of aromatic nitrogens is 4. The molecule has 1 aliphatic carbocycles. The minimum atomic E-state index is -0.0880. The van der Waals surface area contributed by atoms with Crippen molar-refractivity contribution in [3.05, 3.63) is 193 Å². The number of para-hydroxylation sites is 2. The summed E-state index contributed by atoms with van der Waals surface area (Å²) in [6.45, 7) is 4.62. The summed E-state index contributed by atoms with van der Waals surface area (Å²) >= 11 is 0. The summed E-state index contributed by atoms with van der Waals surface area (Å²) in [5.41, 5.74) is 13.6. The van der Waals surface area contributed by atoms with Crippen molar-refractivity contribution in [1.82, 2.24) is 19.5 Å². The van der Waals surface area contributed by atoms with Gasteiger partial charge in [-0.25, -0.2) is 15.0 Å². The van der Waals surface area contributed by atoms with Crippen molar-refractivity contribution in [2.24, 2.45) is 0 Å². The third kappa shape index (κ3) is 5.03. The van der Waals surface area contributed by atoms with E-state index >= 15 is 0 Å². The first-order valence-electron chi connectivity index (χ1n) is 19.2. The Labute approximate surface area is 325 Å². The topological polar surface area (TPSA) is 43.6 Å². The first-order valence-corrected chi connectivity index (χ1v) is 19.2. The summed E-state index contributed by atoms with van der Waals surface area (Å²) in [6, 6.07) is 64.8. The Kier molecular flexibility index (Phi) is 7.17. The third-order valence-corrected chi connectivity index (χ3v) is 11.7. The summed E-state index contributed by atoms with van der Waals surface area (Å²) in [5.74, 6) is 1.93. The quantitative estimate of drug-likeness (QED) is 0.178. The Balaban J connectivity index is 1.11. The fourth-order valence-electron chi connectivity index (χ4n) is 8.86. The van der Waals surface area contributed by atoms with Crippen LogP contribution in [0.3, 0.4) is 0 Å². The third-order valence-electron chi connectivity index (χ3n) is 11.7. The zero-order valence-corrected chi connectivity index (χ0v) is 31.1. The van der Waals surface area contributed by atoms with Crippen LogP contribution in [0.2, 0.25) is 0 Å². The molecule has 8 aromatic carbocycles. The molecule has 0 fully saturated rings. The lowest BCUT2D eigenvalue weighted by molar-refractivity contribution is 0.660. The van der Waals surface area contributed by atoms with E-state index in [-0.39, 0.29) is 5.41 Å². The molecule has 0 saturated heterocycles. The molecule has 0 spiro atoms. The van der Waals surface area contributed by atoms with Gasteiger partial charge < -0.3 is 4.57 Å². The molecule has 11 rings (SSSR count). The second-order valence-electron chi connectivity index (χ2n) is 15.3. The second kappa shape index (κ2) is 12.4. The van der Waals surface area contributed by atoms with Crippen LogP contribution in [0.1, 0.15) is 25.0 Å². The van der Waals surface area contributed by atoms with Crippen LogP contribution in [0, 0.1) is 0 Å². The molecule has 0 unspecified atom stereocenters. The predicted octanol–water partition coefficient (Wildman–Crippen LogP) is 13.1. The molecule has 1 aliphatic rings. The molecule has 0 atom stereocenters. The Morgan fingerprint density at radius 3 is 1.86 bits per heavy atom. The lowest BCUT2D eigenvalue weighted by Crippen LogP contribution is -2.14. The minimum absolute atomic E-state index is 0.0880. The van der Waals surface area contributed by atoms with E-state index in [4.69, 9.17) is 15.0 Å². The molecule has 0 aliphatic heterocycles. The van der Waals surface area contributed by atoms with E-state index in [1.807, 2.05) is 0 Å². The summed E-state index contributed by atoms with van der Waals surface area (Å²) in [4.78, 5) is 15.8. The maximum atomic E-state index is 5.32. The first kappa shape index (κ1) is 32.3. The SMILES string of the molecule is CC1(C)c2ccccc2-c2cc(-c3nc(-c4ccc(-c5ccc6ccccc6c5)cc4)nc(-c4cccc5c4c4ccccc4n5-c4ccccc4)n3)ccc21. The number of benzene rings is 8. The molecular weight excluding hydrogens is 681 g/mol. The van der Waals surface area contributed by atoms with Gasteiger partial charge >= 0.3 is 0 Å². The van der Waals surface area contributed by atoms with Gasteiger partial charge in [-0.05, 0) is 80.6 Å². The largest absolute Gasteiger partial charge is 0.309 e. The van der Waals surface area contributed by atoms with Gasteiger partial charge in [0.05, 0.1) is 11.0 Å². The highest BCUT2D eigenvalue weighted by molar-refractivity contribution is 6.15. The monoisotopic (exact) mass is 716 g/mol. The van der Waals surface area contributed by atoms with Crippen LogP contribution in [0.4, 0.5) is 0 Å². The van der Waals surface area contributed by atoms with E-state index in [1.165, 1.54) is 38.6 Å². The molecule has 10 aromatic rings. The highest BCUT2D eigenvalue weighted by atomic mass is 15.0. The molecule has 4 nitrogen and oxygen atoms in total. The Morgan fingerprint density at radius 1 is 0.393 bits per heavy atom. The van der Waals surface area contributed by atoms with Crippen molar-refractivity contribution in [3.63, 3.8) is 0 Å². The maximum Gasteiger partial charge on any atom is 0.164 e. The van der Waals surface area contributed by atoms with Crippen LogP contribution in [-0.4, -0.2) is 19.5 Å². The normalized spacial score (nSPS) is 13.0. The highest BCUT2D eigenvalue weighted by Gasteiger charge is 2.35. The molecule has 264 valence electrons. The predicted molar refractivity (Wildman–Crippen MR) is 231 cm³/mol. The van der Waals surface area contributed by atoms with Gasteiger partial charge in [-0.1, -0.05) is 159 Å². The second-order valence-corrected chi connectivity index (χ2v) is 15.3. The summed E-state index contributed by atoms with van der Waals surface area (Å²) in [6.07, 6.45) is 0. The number of rotatable bonds is 5. The zero-order chi connectivity index (χ0) is 37.4. The Morgan fingerprint density at radius 2 is 1.00 bits per heavy atom. The smallest absolute Gasteiger partial charge is 0.164 e. The van der Waals surface area contributed by atoms with Crippen molar-refractivity contribution < 1.29 is 0 Å². The molecular formula is C52H36N4. The van der Waals surface area contributed by atoms with E-state index in [2.05, 4.69) is 200 Å². The van der Waals surface area contributed by atoms with Gasteiger partial charge in [0.1, 0.15) is 0 Å². The van der Waals surface area contributed by atoms with Crippen molar-refractivity contribution in [1.29, 1.82) is 0 Å². The summed E-state index contributed by atoms with van der Waals surface area (Å²) < 4.78 is 2.34. The molecule has 0 radical (unpaired) electrons. The van der Waals surface area contributed by atoms with Crippen molar-refractivity contribution in [3.8, 4) is 62.1 Å². The fraction of sp³-hybridized carbons (Fsp3) is 0.0577. The summed E-state index contributed by atoms with van der Waals surface area (Å²) in [7, 11) is 0. The molecule has 0 amide bonds. The first-order chi connectivity index (χ1) is 27.5. The van der Waals surface area contributed by atoms with Gasteiger partial charge in [0.2, 0.25) is 0 Å². The Hall–Kier alpha value is -7.17. The molecule has 56 heavy (non-hydrogen) atoms. The van der Waals surface area contributed by atoms with Crippen LogP contribution in [0.15, 0.2) is 182 Å². The molecule has 0 N–H and O–H groups in total. The van der Waals surface area contributed by atoms with Crippen LogP contribution < -0.4 is 0 Å². The Bertz CT molecular complexity index is 3160. The van der Waals surface area contributed by atoms with E-state index in [0.29, 0.717) is 17.5 Å². The van der Waals surface area contributed by atoms with Gasteiger partial charge in [-0.3, -0.25) is 0 Å². The average molecular weight is 717 g/mol. The van der Waals surface area contributed by atoms with Gasteiger partial charge in [-0.15, -0.1) is 0 Å². The number of fused-ring (bicyclic) bond motifs is 7. The van der Waals surface area contributed by atoms with Gasteiger partial charge in [0.15, 0.2) is 17.5 Å². The molecule has 2 heterocycles. The molecule has 4 heteroatoms. The van der Waals surface area contributed by atoms with Crippen molar-refractivity contribution in [2.45, 2.75) is 19.3 Å². The standard InChI is InChI=1S/C52H36N4/c1-52(2)44-20-10-8-17-40(44)43-32-38(29-30-45(43)52)50-53-49(35-26-23-34(24-27-35)37-28-25-33-13-6-7-14-36(33)31-37)54-51(55-50)42-19-12-22-47-48(42)41-18-9-11-21-46(41)56(47)39-15-4-3-5-16-39/h3-32H,1-2H3. The van der Waals surface area contributed by atoms with Gasteiger partial charge in [-0.2, -0.15) is 0 Å². The van der Waals surface area contributed by atoms with Gasteiger partial charge in [0, 0.05) is 38.6 Å². The fourth-order valence-corrected chi connectivity index (χ4v) is 8.86. The van der Waals surface area contributed by atoms with Crippen molar-refractivity contribution >= 4 is 32.6 Å². The van der Waals surface area contributed by atoms with Crippen molar-refractivity contribution in [2.75, 3.05) is 0 Å². The average Bonchev–Trinajstić information content (AvgIpc) is 3.72. The highest BCUT2D eigenvalue weighted by Crippen LogP contribution is 2.49. The van der Waals surface area contributed by atoms with Gasteiger partial charge in [0.25, 0.3) is 0 Å². The van der Waals surface area contributed by atoms with Crippen LogP contribution in [0.25, 0.3) is 94.7 Å². The number of hydrogen-bond acceptors (Lipinski definition) is 3. The molecule has 0 saturated carbocycles. The van der Waals surface area contributed by atoms with E-state index < -0.39 is 0 Å². The van der Waals surface area contributed by atoms with Crippen LogP contribution in [0.5, 0.6) is 0 Å². The maximum absolute atomic E-state index is 5.32. The lowest BCUT2D eigenvalue weighted by Gasteiger charge is -2.21. The summed E-state index contributed by atoms with van der Waals surface area (Å²) in [5, 5.41) is 4.73. The number of hydrogen-bond donors (Lipinski definition) is 0. The molecule has 2 aromatic heterocycles. The van der Waals surface area contributed by atoms with Crippen LogP contribution in [-0.2, 0) is 5.41 Å². The number of nitrogens with zero attached hydrogens (tertiary/aromatic N) is 4. The van der Waals surface area contributed by atoms with E-state index in [0.717, 1.165) is 49.7 Å². The lowest BCUT2D eigenvalue weighted by atomic mass is 9.82. The van der Waals surface area contributed by atoms with E-state index in [1.54, 1.807) is 0 Å². The van der Waals surface area contributed by atoms with E-state index in [9.17, 15) is 0 Å². The van der Waals surface area contributed by atoms with Crippen LogP contribution >= 0.6 is 0 Å². The molecule has 0 bridgehead atoms. The zero-order valence-electron chi connectivity index (χ0n) is 31.1.